The van der Waals surface area contributed by atoms with Crippen LogP contribution in [0.3, 0.4) is 0 Å². The number of ether oxygens (including phenoxy) is 3. The average molecular weight is 529 g/mol. The molecule has 2 heterocycles. The topological polar surface area (TPSA) is 79.1 Å². The fourth-order valence-electron chi connectivity index (χ4n) is 4.73. The largest absolute Gasteiger partial charge is 0.497 e. The van der Waals surface area contributed by atoms with Crippen molar-refractivity contribution >= 4 is 34.2 Å². The number of fused-ring (bicyclic) bond motifs is 2. The van der Waals surface area contributed by atoms with Crippen LogP contribution >= 0.6 is 11.3 Å². The predicted molar refractivity (Wildman–Crippen MR) is 149 cm³/mol. The van der Waals surface area contributed by atoms with Crippen LogP contribution in [0.15, 0.2) is 81.7 Å². The van der Waals surface area contributed by atoms with Gasteiger partial charge >= 0.3 is 5.97 Å². The Kier molecular flexibility index (Phi) is 7.15. The molecule has 194 valence electrons. The second-order valence-electron chi connectivity index (χ2n) is 8.71. The summed E-state index contributed by atoms with van der Waals surface area (Å²) in [5.41, 5.74) is 2.22. The number of aromatic nitrogens is 1. The molecule has 1 aliphatic heterocycles. The Hall–Kier alpha value is -4.17. The van der Waals surface area contributed by atoms with Crippen LogP contribution in [0.2, 0.25) is 0 Å². The van der Waals surface area contributed by atoms with Crippen molar-refractivity contribution in [3.63, 3.8) is 0 Å². The van der Waals surface area contributed by atoms with Crippen LogP contribution in [-0.2, 0) is 9.53 Å². The number of esters is 1. The smallest absolute Gasteiger partial charge is 0.338 e. The number of rotatable bonds is 7. The zero-order valence-corrected chi connectivity index (χ0v) is 22.5. The summed E-state index contributed by atoms with van der Waals surface area (Å²) in [4.78, 5) is 32.3. The molecule has 1 atom stereocenters. The molecule has 0 radical (unpaired) electrons. The molecule has 1 aromatic heterocycles. The van der Waals surface area contributed by atoms with E-state index < -0.39 is 12.0 Å². The van der Waals surface area contributed by atoms with Gasteiger partial charge in [-0.15, -0.1) is 0 Å². The van der Waals surface area contributed by atoms with Gasteiger partial charge < -0.3 is 14.2 Å². The molecule has 3 aromatic carbocycles. The predicted octanol–water partition coefficient (Wildman–Crippen LogP) is 4.36. The molecule has 0 saturated heterocycles. The Morgan fingerprint density at radius 3 is 2.53 bits per heavy atom. The molecule has 7 nitrogen and oxygen atoms in total. The van der Waals surface area contributed by atoms with Gasteiger partial charge in [-0.1, -0.05) is 53.8 Å². The zero-order chi connectivity index (χ0) is 26.8. The summed E-state index contributed by atoms with van der Waals surface area (Å²) in [6.07, 6.45) is 1.87. The number of carbonyl (C=O) groups excluding carboxylic acids is 1. The number of methoxy groups -OCH3 is 1. The Bertz CT molecular complexity index is 1730. The normalized spacial score (nSPS) is 15.3. The molecule has 8 heteroatoms. The van der Waals surface area contributed by atoms with E-state index in [9.17, 15) is 9.59 Å². The van der Waals surface area contributed by atoms with Gasteiger partial charge in [-0.05, 0) is 61.4 Å². The Labute approximate surface area is 223 Å². The molecule has 38 heavy (non-hydrogen) atoms. The first-order chi connectivity index (χ1) is 18.5. The SMILES string of the molecule is CCOC(=O)C1=C(C)N=c2sc(=Cc3c(OCC)ccc4ccccc34)c(=O)n2[C@@H]1c1ccc(OC)cc1. The van der Waals surface area contributed by atoms with Gasteiger partial charge in [0, 0.05) is 5.56 Å². The van der Waals surface area contributed by atoms with Crippen molar-refractivity contribution in [2.24, 2.45) is 4.99 Å². The molecule has 5 rings (SSSR count). The third-order valence-corrected chi connectivity index (χ3v) is 7.44. The van der Waals surface area contributed by atoms with E-state index in [1.54, 1.807) is 25.5 Å². The first-order valence-corrected chi connectivity index (χ1v) is 13.3. The zero-order valence-electron chi connectivity index (χ0n) is 21.7. The molecule has 0 amide bonds. The van der Waals surface area contributed by atoms with Gasteiger partial charge in [0.1, 0.15) is 11.5 Å². The molecular formula is C30H28N2O5S. The van der Waals surface area contributed by atoms with E-state index in [0.717, 1.165) is 21.9 Å². The minimum atomic E-state index is -0.683. The first-order valence-electron chi connectivity index (χ1n) is 12.4. The highest BCUT2D eigenvalue weighted by atomic mass is 32.1. The highest BCUT2D eigenvalue weighted by Crippen LogP contribution is 2.32. The van der Waals surface area contributed by atoms with Gasteiger partial charge in [-0.25, -0.2) is 9.79 Å². The van der Waals surface area contributed by atoms with Gasteiger partial charge in [0.15, 0.2) is 4.80 Å². The summed E-state index contributed by atoms with van der Waals surface area (Å²) in [6.45, 7) is 6.18. The standard InChI is InChI=1S/C30H28N2O5S/c1-5-36-24-16-13-19-9-7-8-10-22(19)23(24)17-25-28(33)32-27(20-11-14-21(35-4)15-12-20)26(29(34)37-6-2)18(3)31-30(32)38-25/h7-17,27H,5-6H2,1-4H3/t27-/m1/s1. The summed E-state index contributed by atoms with van der Waals surface area (Å²) < 4.78 is 18.7. The Balaban J connectivity index is 1.76. The summed E-state index contributed by atoms with van der Waals surface area (Å²) in [7, 11) is 1.59. The lowest BCUT2D eigenvalue weighted by molar-refractivity contribution is -0.139. The van der Waals surface area contributed by atoms with Crippen molar-refractivity contribution in [2.75, 3.05) is 20.3 Å². The second kappa shape index (κ2) is 10.7. The number of benzene rings is 3. The molecule has 0 N–H and O–H groups in total. The quantitative estimate of drug-likeness (QED) is 0.333. The number of carbonyl (C=O) groups is 1. The highest BCUT2D eigenvalue weighted by Gasteiger charge is 2.33. The van der Waals surface area contributed by atoms with E-state index in [1.165, 1.54) is 11.3 Å². The molecule has 0 bridgehead atoms. The van der Waals surface area contributed by atoms with Crippen LogP contribution in [-0.4, -0.2) is 30.9 Å². The monoisotopic (exact) mass is 528 g/mol. The summed E-state index contributed by atoms with van der Waals surface area (Å²) >= 11 is 1.29. The number of allylic oxidation sites excluding steroid dienone is 1. The van der Waals surface area contributed by atoms with E-state index >= 15 is 0 Å². The van der Waals surface area contributed by atoms with Crippen molar-refractivity contribution in [3.05, 3.63) is 103 Å². The third kappa shape index (κ3) is 4.52. The van der Waals surface area contributed by atoms with Crippen LogP contribution < -0.4 is 24.4 Å². The maximum absolute atomic E-state index is 14.0. The molecule has 0 aliphatic carbocycles. The molecule has 4 aromatic rings. The minimum Gasteiger partial charge on any atom is -0.497 e. The number of hydrogen-bond acceptors (Lipinski definition) is 7. The van der Waals surface area contributed by atoms with E-state index in [-0.39, 0.29) is 12.2 Å². The van der Waals surface area contributed by atoms with Gasteiger partial charge in [-0.3, -0.25) is 9.36 Å². The summed E-state index contributed by atoms with van der Waals surface area (Å²) in [5, 5.41) is 2.03. The average Bonchev–Trinajstić information content (AvgIpc) is 3.23. The highest BCUT2D eigenvalue weighted by molar-refractivity contribution is 7.07. The lowest BCUT2D eigenvalue weighted by atomic mass is 9.96. The lowest BCUT2D eigenvalue weighted by Crippen LogP contribution is -2.39. The van der Waals surface area contributed by atoms with Crippen molar-refractivity contribution in [3.8, 4) is 11.5 Å². The van der Waals surface area contributed by atoms with Crippen molar-refractivity contribution in [1.29, 1.82) is 0 Å². The number of hydrogen-bond donors (Lipinski definition) is 0. The van der Waals surface area contributed by atoms with Crippen LogP contribution in [0.1, 0.15) is 37.9 Å². The van der Waals surface area contributed by atoms with Crippen LogP contribution in [0, 0.1) is 0 Å². The summed E-state index contributed by atoms with van der Waals surface area (Å²) in [6, 6.07) is 18.6. The fraction of sp³-hybridized carbons (Fsp3) is 0.233. The van der Waals surface area contributed by atoms with E-state index in [4.69, 9.17) is 14.2 Å². The van der Waals surface area contributed by atoms with Gasteiger partial charge in [0.25, 0.3) is 5.56 Å². The van der Waals surface area contributed by atoms with Crippen LogP contribution in [0.25, 0.3) is 16.8 Å². The molecule has 0 unspecified atom stereocenters. The van der Waals surface area contributed by atoms with Gasteiger partial charge in [0.2, 0.25) is 0 Å². The van der Waals surface area contributed by atoms with Gasteiger partial charge in [-0.2, -0.15) is 0 Å². The minimum absolute atomic E-state index is 0.219. The van der Waals surface area contributed by atoms with Crippen molar-refractivity contribution < 1.29 is 19.0 Å². The molecule has 0 saturated carbocycles. The maximum atomic E-state index is 14.0. The Morgan fingerprint density at radius 1 is 1.05 bits per heavy atom. The lowest BCUT2D eigenvalue weighted by Gasteiger charge is -2.24. The molecule has 0 fully saturated rings. The molecule has 0 spiro atoms. The van der Waals surface area contributed by atoms with Crippen LogP contribution in [0.4, 0.5) is 0 Å². The van der Waals surface area contributed by atoms with Gasteiger partial charge in [0.05, 0.1) is 42.2 Å². The molecule has 1 aliphatic rings. The first kappa shape index (κ1) is 25.5. The van der Waals surface area contributed by atoms with Crippen molar-refractivity contribution in [2.45, 2.75) is 26.8 Å². The van der Waals surface area contributed by atoms with E-state index in [0.29, 0.717) is 38.7 Å². The van der Waals surface area contributed by atoms with E-state index in [1.807, 2.05) is 73.7 Å². The van der Waals surface area contributed by atoms with Crippen molar-refractivity contribution in [1.82, 2.24) is 4.57 Å². The maximum Gasteiger partial charge on any atom is 0.338 e. The molecular weight excluding hydrogens is 500 g/mol. The Morgan fingerprint density at radius 2 is 1.82 bits per heavy atom. The van der Waals surface area contributed by atoms with Crippen LogP contribution in [0.5, 0.6) is 11.5 Å². The second-order valence-corrected chi connectivity index (χ2v) is 9.72. The fourth-order valence-corrected chi connectivity index (χ4v) is 5.76. The number of nitrogens with zero attached hydrogens (tertiary/aromatic N) is 2. The van der Waals surface area contributed by atoms with E-state index in [2.05, 4.69) is 4.99 Å². The third-order valence-electron chi connectivity index (χ3n) is 6.45. The number of thiazole rings is 1. The summed E-state index contributed by atoms with van der Waals surface area (Å²) in [5.74, 6) is 0.891.